The van der Waals surface area contributed by atoms with E-state index in [4.69, 9.17) is 0 Å². The third-order valence-corrected chi connectivity index (χ3v) is 6.40. The molecule has 1 aliphatic heterocycles. The minimum Gasteiger partial charge on any atom is -0.350 e. The van der Waals surface area contributed by atoms with Crippen LogP contribution in [-0.4, -0.2) is 37.8 Å². The Hall–Kier alpha value is -1.40. The van der Waals surface area contributed by atoms with Crippen molar-refractivity contribution in [2.24, 2.45) is 5.92 Å². The summed E-state index contributed by atoms with van der Waals surface area (Å²) in [5.74, 6) is 0.406. The SMILES string of the molecule is CCC(C)NC(=O)c1ccc(S(=O)(=O)N2CCC(C)CC2)cc1. The van der Waals surface area contributed by atoms with Gasteiger partial charge in [0, 0.05) is 24.7 Å². The molecule has 1 atom stereocenters. The van der Waals surface area contributed by atoms with Crippen molar-refractivity contribution in [3.8, 4) is 0 Å². The molecule has 1 aromatic rings. The molecule has 0 saturated carbocycles. The topological polar surface area (TPSA) is 66.5 Å². The Kier molecular flexibility index (Phi) is 5.81. The summed E-state index contributed by atoms with van der Waals surface area (Å²) in [6.45, 7) is 7.22. The first-order chi connectivity index (χ1) is 10.8. The highest BCUT2D eigenvalue weighted by Gasteiger charge is 2.28. The normalized spacial score (nSPS) is 18.6. The number of carbonyl (C=O) groups is 1. The predicted molar refractivity (Wildman–Crippen MR) is 90.8 cm³/mol. The molecule has 1 amide bonds. The van der Waals surface area contributed by atoms with E-state index in [0.29, 0.717) is 24.6 Å². The van der Waals surface area contributed by atoms with Crippen LogP contribution in [0.5, 0.6) is 0 Å². The van der Waals surface area contributed by atoms with Crippen molar-refractivity contribution < 1.29 is 13.2 Å². The standard InChI is InChI=1S/C17H26N2O3S/c1-4-14(3)18-17(20)15-5-7-16(8-6-15)23(21,22)19-11-9-13(2)10-12-19/h5-8,13-14H,4,9-12H2,1-3H3,(H,18,20). The molecule has 1 unspecified atom stereocenters. The third-order valence-electron chi connectivity index (χ3n) is 4.49. The van der Waals surface area contributed by atoms with Gasteiger partial charge in [0.05, 0.1) is 4.90 Å². The Morgan fingerprint density at radius 3 is 2.35 bits per heavy atom. The van der Waals surface area contributed by atoms with Gasteiger partial charge in [-0.15, -0.1) is 0 Å². The number of rotatable bonds is 5. The lowest BCUT2D eigenvalue weighted by Gasteiger charge is -2.29. The monoisotopic (exact) mass is 338 g/mol. The minimum absolute atomic E-state index is 0.0984. The number of hydrogen-bond acceptors (Lipinski definition) is 3. The Morgan fingerprint density at radius 2 is 1.83 bits per heavy atom. The number of nitrogens with zero attached hydrogens (tertiary/aromatic N) is 1. The van der Waals surface area contributed by atoms with E-state index in [1.165, 1.54) is 12.1 Å². The first kappa shape index (κ1) is 17.9. The minimum atomic E-state index is -3.45. The summed E-state index contributed by atoms with van der Waals surface area (Å²) in [4.78, 5) is 12.3. The summed E-state index contributed by atoms with van der Waals surface area (Å²) in [6, 6.07) is 6.31. The fourth-order valence-electron chi connectivity index (χ4n) is 2.56. The Balaban J connectivity index is 2.11. The maximum absolute atomic E-state index is 12.6. The zero-order valence-corrected chi connectivity index (χ0v) is 14.9. The highest BCUT2D eigenvalue weighted by Crippen LogP contribution is 2.23. The highest BCUT2D eigenvalue weighted by molar-refractivity contribution is 7.89. The number of hydrogen-bond donors (Lipinski definition) is 1. The molecule has 1 fully saturated rings. The van der Waals surface area contributed by atoms with Gasteiger partial charge in [0.15, 0.2) is 0 Å². The third kappa shape index (κ3) is 4.32. The lowest BCUT2D eigenvalue weighted by Crippen LogP contribution is -2.37. The molecule has 1 heterocycles. The molecule has 128 valence electrons. The van der Waals surface area contributed by atoms with E-state index in [0.717, 1.165) is 19.3 Å². The van der Waals surface area contributed by atoms with Gasteiger partial charge in [-0.3, -0.25) is 4.79 Å². The summed E-state index contributed by atoms with van der Waals surface area (Å²) in [7, 11) is -3.45. The van der Waals surface area contributed by atoms with Crippen LogP contribution in [0, 0.1) is 5.92 Å². The van der Waals surface area contributed by atoms with Crippen LogP contribution in [0.15, 0.2) is 29.2 Å². The molecule has 1 aliphatic rings. The van der Waals surface area contributed by atoms with Crippen LogP contribution in [0.25, 0.3) is 0 Å². The zero-order valence-electron chi connectivity index (χ0n) is 14.1. The maximum atomic E-state index is 12.6. The van der Waals surface area contributed by atoms with Gasteiger partial charge < -0.3 is 5.32 Å². The summed E-state index contributed by atoms with van der Waals surface area (Å²) in [5.41, 5.74) is 0.483. The van der Waals surface area contributed by atoms with Crippen molar-refractivity contribution in [1.29, 1.82) is 0 Å². The van der Waals surface area contributed by atoms with Gasteiger partial charge in [0.2, 0.25) is 10.0 Å². The molecule has 5 nitrogen and oxygen atoms in total. The Bertz CT molecular complexity index is 632. The molecular weight excluding hydrogens is 312 g/mol. The van der Waals surface area contributed by atoms with Crippen LogP contribution in [0.2, 0.25) is 0 Å². The van der Waals surface area contributed by atoms with E-state index < -0.39 is 10.0 Å². The van der Waals surface area contributed by atoms with Gasteiger partial charge in [0.1, 0.15) is 0 Å². The number of amides is 1. The summed E-state index contributed by atoms with van der Waals surface area (Å²) in [6.07, 6.45) is 2.65. The van der Waals surface area contributed by atoms with Gasteiger partial charge in [-0.1, -0.05) is 13.8 Å². The fraction of sp³-hybridized carbons (Fsp3) is 0.588. The molecule has 2 rings (SSSR count). The molecule has 23 heavy (non-hydrogen) atoms. The second-order valence-electron chi connectivity index (χ2n) is 6.39. The first-order valence-corrected chi connectivity index (χ1v) is 9.69. The van der Waals surface area contributed by atoms with Gasteiger partial charge >= 0.3 is 0 Å². The van der Waals surface area contributed by atoms with E-state index in [-0.39, 0.29) is 16.8 Å². The second kappa shape index (κ2) is 7.45. The number of sulfonamides is 1. The van der Waals surface area contributed by atoms with Crippen molar-refractivity contribution in [2.45, 2.75) is 51.0 Å². The summed E-state index contributed by atoms with van der Waals surface area (Å²) < 4.78 is 26.8. The molecule has 6 heteroatoms. The van der Waals surface area contributed by atoms with E-state index in [9.17, 15) is 13.2 Å². The lowest BCUT2D eigenvalue weighted by atomic mass is 10.0. The molecule has 0 radical (unpaired) electrons. The number of piperidine rings is 1. The Labute approximate surface area is 139 Å². The zero-order chi connectivity index (χ0) is 17.0. The highest BCUT2D eigenvalue weighted by atomic mass is 32.2. The summed E-state index contributed by atoms with van der Waals surface area (Å²) in [5, 5.41) is 2.87. The molecule has 1 saturated heterocycles. The van der Waals surface area contributed by atoms with Crippen molar-refractivity contribution in [1.82, 2.24) is 9.62 Å². The number of benzene rings is 1. The van der Waals surface area contributed by atoms with Crippen LogP contribution >= 0.6 is 0 Å². The average Bonchev–Trinajstić information content (AvgIpc) is 2.55. The van der Waals surface area contributed by atoms with Crippen molar-refractivity contribution in [3.05, 3.63) is 29.8 Å². The quantitative estimate of drug-likeness (QED) is 0.897. The molecule has 0 spiro atoms. The molecule has 1 aromatic carbocycles. The van der Waals surface area contributed by atoms with Crippen LogP contribution in [-0.2, 0) is 10.0 Å². The van der Waals surface area contributed by atoms with Crippen LogP contribution in [0.1, 0.15) is 50.4 Å². The number of nitrogens with one attached hydrogen (secondary N) is 1. The summed E-state index contributed by atoms with van der Waals surface area (Å²) >= 11 is 0. The fourth-order valence-corrected chi connectivity index (χ4v) is 4.03. The Morgan fingerprint density at radius 1 is 1.26 bits per heavy atom. The van der Waals surface area contributed by atoms with Gasteiger partial charge in [-0.2, -0.15) is 4.31 Å². The van der Waals surface area contributed by atoms with E-state index in [1.807, 2.05) is 13.8 Å². The van der Waals surface area contributed by atoms with Gasteiger partial charge in [-0.05, 0) is 56.4 Å². The van der Waals surface area contributed by atoms with Crippen molar-refractivity contribution >= 4 is 15.9 Å². The molecule has 0 aromatic heterocycles. The van der Waals surface area contributed by atoms with E-state index >= 15 is 0 Å². The second-order valence-corrected chi connectivity index (χ2v) is 8.33. The average molecular weight is 338 g/mol. The molecule has 0 bridgehead atoms. The van der Waals surface area contributed by atoms with Crippen molar-refractivity contribution in [3.63, 3.8) is 0 Å². The van der Waals surface area contributed by atoms with E-state index in [2.05, 4.69) is 12.2 Å². The van der Waals surface area contributed by atoms with Gasteiger partial charge in [0.25, 0.3) is 5.91 Å². The largest absolute Gasteiger partial charge is 0.350 e. The predicted octanol–water partition coefficient (Wildman–Crippen LogP) is 2.64. The number of carbonyl (C=O) groups excluding carboxylic acids is 1. The van der Waals surface area contributed by atoms with Crippen LogP contribution in [0.3, 0.4) is 0 Å². The molecular formula is C17H26N2O3S. The van der Waals surface area contributed by atoms with Gasteiger partial charge in [-0.25, -0.2) is 8.42 Å². The van der Waals surface area contributed by atoms with Crippen molar-refractivity contribution in [2.75, 3.05) is 13.1 Å². The van der Waals surface area contributed by atoms with Crippen LogP contribution in [0.4, 0.5) is 0 Å². The van der Waals surface area contributed by atoms with Crippen LogP contribution < -0.4 is 5.32 Å². The molecule has 0 aliphatic carbocycles. The lowest BCUT2D eigenvalue weighted by molar-refractivity contribution is 0.0939. The first-order valence-electron chi connectivity index (χ1n) is 8.25. The smallest absolute Gasteiger partial charge is 0.251 e. The van der Waals surface area contributed by atoms with E-state index in [1.54, 1.807) is 16.4 Å². The molecule has 1 N–H and O–H groups in total. The maximum Gasteiger partial charge on any atom is 0.251 e.